The zero-order valence-electron chi connectivity index (χ0n) is 17.4. The van der Waals surface area contributed by atoms with Gasteiger partial charge in [-0.1, -0.05) is 53.5 Å². The summed E-state index contributed by atoms with van der Waals surface area (Å²) < 4.78 is 5.79. The maximum atomic E-state index is 13.0. The number of carbonyl (C=O) groups is 2. The Morgan fingerprint density at radius 3 is 2.52 bits per heavy atom. The molecule has 1 atom stereocenters. The van der Waals surface area contributed by atoms with Gasteiger partial charge in [-0.3, -0.25) is 9.69 Å². The number of nitrogens with zero attached hydrogens (tertiary/aromatic N) is 1. The monoisotopic (exact) mass is 508 g/mol. The van der Waals surface area contributed by atoms with Crippen LogP contribution in [0.4, 0.5) is 0 Å². The summed E-state index contributed by atoms with van der Waals surface area (Å²) in [6.45, 7) is 0. The van der Waals surface area contributed by atoms with Crippen molar-refractivity contribution in [2.45, 2.75) is 12.5 Å². The molecule has 10 heteroatoms. The number of hydrogen-bond acceptors (Lipinski definition) is 5. The fourth-order valence-corrected chi connectivity index (χ4v) is 3.94. The van der Waals surface area contributed by atoms with Crippen molar-refractivity contribution in [3.63, 3.8) is 0 Å². The Bertz CT molecular complexity index is 1250. The maximum Gasteiger partial charge on any atom is 1.00 e. The predicted octanol–water partition coefficient (Wildman–Crippen LogP) is 0.676. The third-order valence-corrected chi connectivity index (χ3v) is 5.92. The van der Waals surface area contributed by atoms with Crippen molar-refractivity contribution < 1.29 is 48.7 Å². The van der Waals surface area contributed by atoms with Gasteiger partial charge in [0.2, 0.25) is 0 Å². The Morgan fingerprint density at radius 2 is 1.85 bits per heavy atom. The first-order valence-electron chi connectivity index (χ1n) is 9.50. The summed E-state index contributed by atoms with van der Waals surface area (Å²) >= 11 is 17.2. The van der Waals surface area contributed by atoms with Gasteiger partial charge in [-0.05, 0) is 54.5 Å². The zero-order valence-corrected chi connectivity index (χ0v) is 21.7. The topological polar surface area (TPSA) is 85.6 Å². The molecule has 1 saturated heterocycles. The molecule has 4 rings (SSSR count). The molecular formula is C23H15Cl2N2NaO4S. The Balaban J connectivity index is 0.00000306. The summed E-state index contributed by atoms with van der Waals surface area (Å²) in [6.07, 6.45) is 1.52. The van der Waals surface area contributed by atoms with E-state index in [1.54, 1.807) is 54.6 Å². The second-order valence-corrected chi connectivity index (χ2v) is 8.22. The summed E-state index contributed by atoms with van der Waals surface area (Å²) in [5.41, 5.74) is 1.56. The number of amides is 1. The zero-order chi connectivity index (χ0) is 22.8. The van der Waals surface area contributed by atoms with Gasteiger partial charge in [-0.2, -0.15) is 0 Å². The van der Waals surface area contributed by atoms with Crippen LogP contribution in [0, 0.1) is 0 Å². The summed E-state index contributed by atoms with van der Waals surface area (Å²) in [7, 11) is 0. The minimum Gasteiger partial charge on any atom is -0.548 e. The number of aliphatic carboxylic acids is 1. The number of furan rings is 1. The smallest absolute Gasteiger partial charge is 0.548 e. The van der Waals surface area contributed by atoms with Crippen LogP contribution in [-0.2, 0) is 16.0 Å². The molecule has 2 heterocycles. The second-order valence-electron chi connectivity index (χ2n) is 7.02. The third kappa shape index (κ3) is 5.69. The molecule has 162 valence electrons. The number of thiocarbonyl (C=S) groups is 1. The van der Waals surface area contributed by atoms with Crippen LogP contribution >= 0.6 is 35.4 Å². The number of carboxylic acid groups (broad SMARTS) is 1. The molecule has 1 amide bonds. The molecule has 33 heavy (non-hydrogen) atoms. The molecule has 1 aliphatic heterocycles. The summed E-state index contributed by atoms with van der Waals surface area (Å²) in [5, 5.41) is 15.4. The van der Waals surface area contributed by atoms with Crippen molar-refractivity contribution in [2.24, 2.45) is 0 Å². The van der Waals surface area contributed by atoms with Crippen molar-refractivity contribution in [2.75, 3.05) is 0 Å². The van der Waals surface area contributed by atoms with Gasteiger partial charge < -0.3 is 19.6 Å². The van der Waals surface area contributed by atoms with Gasteiger partial charge in [-0.25, -0.2) is 0 Å². The van der Waals surface area contributed by atoms with E-state index in [1.807, 2.05) is 6.07 Å². The SMILES string of the molecule is O=C([O-])[C@H](Cc1ccccc1)N1C(=O)/C(=C\c2ccc(-c3ccc(Cl)c(Cl)c3)o2)NC1=S.[Na+]. The van der Waals surface area contributed by atoms with Crippen molar-refractivity contribution in [3.8, 4) is 11.3 Å². The quantitative estimate of drug-likeness (QED) is 0.299. The first-order chi connectivity index (χ1) is 15.3. The van der Waals surface area contributed by atoms with Gasteiger partial charge in [0, 0.05) is 11.6 Å². The molecule has 0 spiro atoms. The minimum atomic E-state index is -1.40. The van der Waals surface area contributed by atoms with Crippen LogP contribution in [-0.4, -0.2) is 27.9 Å². The summed E-state index contributed by atoms with van der Waals surface area (Å²) in [5.74, 6) is -1.07. The molecule has 0 saturated carbocycles. The fraction of sp³-hybridized carbons (Fsp3) is 0.0870. The molecule has 1 aromatic heterocycles. The van der Waals surface area contributed by atoms with Gasteiger partial charge in [0.25, 0.3) is 5.91 Å². The average Bonchev–Trinajstić information content (AvgIpc) is 3.34. The maximum absolute atomic E-state index is 13.0. The van der Waals surface area contributed by atoms with Gasteiger partial charge >= 0.3 is 29.6 Å². The van der Waals surface area contributed by atoms with Gasteiger partial charge in [0.15, 0.2) is 5.11 Å². The number of benzene rings is 2. The molecule has 1 N–H and O–H groups in total. The normalized spacial score (nSPS) is 15.3. The summed E-state index contributed by atoms with van der Waals surface area (Å²) in [6, 6.07) is 16.2. The van der Waals surface area contributed by atoms with Crippen LogP contribution in [0.2, 0.25) is 10.0 Å². The first-order valence-corrected chi connectivity index (χ1v) is 10.7. The largest absolute Gasteiger partial charge is 1.00 e. The van der Waals surface area contributed by atoms with Gasteiger partial charge in [0.05, 0.1) is 22.1 Å². The molecule has 1 fully saturated rings. The number of hydrogen-bond donors (Lipinski definition) is 1. The third-order valence-electron chi connectivity index (χ3n) is 4.88. The van der Waals surface area contributed by atoms with E-state index in [9.17, 15) is 14.7 Å². The van der Waals surface area contributed by atoms with E-state index in [-0.39, 0.29) is 46.8 Å². The van der Waals surface area contributed by atoms with Crippen LogP contribution in [0.3, 0.4) is 0 Å². The van der Waals surface area contributed by atoms with Crippen molar-refractivity contribution in [1.82, 2.24) is 10.2 Å². The fourth-order valence-electron chi connectivity index (χ4n) is 3.33. The molecule has 3 aromatic rings. The predicted molar refractivity (Wildman–Crippen MR) is 124 cm³/mol. The number of carbonyl (C=O) groups excluding carboxylic acids is 2. The van der Waals surface area contributed by atoms with Gasteiger partial charge in [0.1, 0.15) is 17.2 Å². The molecule has 0 radical (unpaired) electrons. The molecule has 0 aliphatic carbocycles. The van der Waals surface area contributed by atoms with Crippen LogP contribution in [0.5, 0.6) is 0 Å². The van der Waals surface area contributed by atoms with E-state index in [0.717, 1.165) is 10.5 Å². The molecule has 2 aromatic carbocycles. The Hall–Kier alpha value is -2.13. The molecule has 1 aliphatic rings. The molecule has 0 bridgehead atoms. The van der Waals surface area contributed by atoms with Crippen molar-refractivity contribution in [3.05, 3.63) is 87.7 Å². The van der Waals surface area contributed by atoms with Gasteiger partial charge in [-0.15, -0.1) is 0 Å². The van der Waals surface area contributed by atoms with Crippen molar-refractivity contribution in [1.29, 1.82) is 0 Å². The minimum absolute atomic E-state index is 0. The van der Waals surface area contributed by atoms with Crippen molar-refractivity contribution >= 4 is 58.5 Å². The average molecular weight is 509 g/mol. The van der Waals surface area contributed by atoms with Crippen LogP contribution in [0.1, 0.15) is 11.3 Å². The van der Waals surface area contributed by atoms with E-state index in [1.165, 1.54) is 6.08 Å². The van der Waals surface area contributed by atoms with E-state index < -0.39 is 17.9 Å². The Kier molecular flexibility index (Phi) is 8.39. The van der Waals surface area contributed by atoms with Crippen LogP contribution in [0.25, 0.3) is 17.4 Å². The Morgan fingerprint density at radius 1 is 1.12 bits per heavy atom. The standard InChI is InChI=1S/C23H16Cl2N2O4S.Na/c24-16-8-6-14(11-17(16)25)20-9-7-15(31-20)12-18-21(28)27(23(32)26-18)19(22(29)30)10-13-4-2-1-3-5-13;/h1-9,11-12,19H,10H2,(H,26,32)(H,29,30);/q;+1/p-1/b18-12+;/t19-;/m0./s1. The summed E-state index contributed by atoms with van der Waals surface area (Å²) in [4.78, 5) is 25.8. The van der Waals surface area contributed by atoms with Crippen LogP contribution in [0.15, 0.2) is 70.8 Å². The van der Waals surface area contributed by atoms with E-state index >= 15 is 0 Å². The number of carboxylic acids is 1. The van der Waals surface area contributed by atoms with E-state index in [2.05, 4.69) is 5.32 Å². The Labute approximate surface area is 227 Å². The number of rotatable bonds is 6. The van der Waals surface area contributed by atoms with E-state index in [0.29, 0.717) is 27.1 Å². The van der Waals surface area contributed by atoms with Crippen LogP contribution < -0.4 is 40.0 Å². The molecular weight excluding hydrogens is 494 g/mol. The second kappa shape index (κ2) is 10.9. The first kappa shape index (κ1) is 25.5. The number of nitrogens with one attached hydrogen (secondary N) is 1. The van der Waals surface area contributed by atoms with E-state index in [4.69, 9.17) is 39.8 Å². The molecule has 0 unspecified atom stereocenters. The molecule has 6 nitrogen and oxygen atoms in total. The number of halogens is 2.